The number of benzene rings is 1. The van der Waals surface area contributed by atoms with Gasteiger partial charge in [0.25, 0.3) is 0 Å². The summed E-state index contributed by atoms with van der Waals surface area (Å²) in [6.45, 7) is 2.62. The van der Waals surface area contributed by atoms with E-state index in [9.17, 15) is 13.5 Å². The van der Waals surface area contributed by atoms with Gasteiger partial charge in [0.2, 0.25) is 10.0 Å². The molecular formula is C17H19ClN4O3S. The minimum atomic E-state index is -3.54. The summed E-state index contributed by atoms with van der Waals surface area (Å²) in [4.78, 5) is 10.8. The lowest BCUT2D eigenvalue weighted by Gasteiger charge is -2.34. The molecule has 1 aromatic heterocycles. The van der Waals surface area contributed by atoms with Crippen LogP contribution in [-0.2, 0) is 10.0 Å². The smallest absolute Gasteiger partial charge is 0.243 e. The number of hydrogen-bond donors (Lipinski definition) is 1. The van der Waals surface area contributed by atoms with Crippen molar-refractivity contribution in [1.82, 2.24) is 14.3 Å². The van der Waals surface area contributed by atoms with Crippen molar-refractivity contribution < 1.29 is 13.5 Å². The third-order valence-electron chi connectivity index (χ3n) is 4.94. The minimum Gasteiger partial charge on any atom is -0.385 e. The van der Waals surface area contributed by atoms with E-state index in [1.807, 2.05) is 0 Å². The zero-order chi connectivity index (χ0) is 18.5. The van der Waals surface area contributed by atoms with Crippen molar-refractivity contribution in [2.75, 3.05) is 18.0 Å². The van der Waals surface area contributed by atoms with E-state index in [0.29, 0.717) is 23.9 Å². The zero-order valence-electron chi connectivity index (χ0n) is 14.2. The average Bonchev–Trinajstić information content (AvgIpc) is 3.23. The molecule has 2 bridgehead atoms. The quantitative estimate of drug-likeness (QED) is 0.851. The van der Waals surface area contributed by atoms with E-state index >= 15 is 0 Å². The molecule has 3 heterocycles. The van der Waals surface area contributed by atoms with Crippen molar-refractivity contribution in [3.8, 4) is 0 Å². The highest BCUT2D eigenvalue weighted by Gasteiger charge is 2.48. The molecule has 2 aliphatic heterocycles. The third kappa shape index (κ3) is 2.96. The van der Waals surface area contributed by atoms with Gasteiger partial charge >= 0.3 is 0 Å². The number of aliphatic hydroxyl groups excluding tert-OH is 1. The van der Waals surface area contributed by atoms with E-state index in [1.54, 1.807) is 47.8 Å². The molecule has 3 atom stereocenters. The van der Waals surface area contributed by atoms with Crippen LogP contribution in [0.4, 0.5) is 5.82 Å². The molecule has 2 aromatic rings. The number of anilines is 1. The van der Waals surface area contributed by atoms with Crippen LogP contribution in [0.3, 0.4) is 0 Å². The lowest BCUT2D eigenvalue weighted by atomic mass is 10.2. The first-order chi connectivity index (χ1) is 12.4. The first-order valence-electron chi connectivity index (χ1n) is 8.41. The number of rotatable bonds is 4. The Kier molecular flexibility index (Phi) is 4.38. The lowest BCUT2D eigenvalue weighted by Crippen LogP contribution is -2.49. The number of sulfonamides is 1. The largest absolute Gasteiger partial charge is 0.385 e. The fourth-order valence-electron chi connectivity index (χ4n) is 3.67. The van der Waals surface area contributed by atoms with Crippen LogP contribution in [0.25, 0.3) is 0 Å². The van der Waals surface area contributed by atoms with Gasteiger partial charge in [-0.1, -0.05) is 11.6 Å². The minimum absolute atomic E-state index is 0.0684. The number of fused-ring (bicyclic) bond motifs is 2. The second-order valence-electron chi connectivity index (χ2n) is 6.67. The molecular weight excluding hydrogens is 376 g/mol. The maximum absolute atomic E-state index is 12.9. The standard InChI is InChI=1S/C17H19ClN4O3S/c1-11(23)17-19-7-6-16(20-17)21-9-14-8-13(21)10-22(14)26(24,25)15-4-2-12(18)3-5-15/h2-7,11,13-14,23H,8-10H2,1H3. The Morgan fingerprint density at radius 1 is 1.19 bits per heavy atom. The van der Waals surface area contributed by atoms with Crippen molar-refractivity contribution in [1.29, 1.82) is 0 Å². The van der Waals surface area contributed by atoms with E-state index in [1.165, 1.54) is 0 Å². The highest BCUT2D eigenvalue weighted by atomic mass is 35.5. The highest BCUT2D eigenvalue weighted by Crippen LogP contribution is 2.37. The SMILES string of the molecule is CC(O)c1nccc(N2CC3CC2CN3S(=O)(=O)c2ccc(Cl)cc2)n1. The maximum atomic E-state index is 12.9. The van der Waals surface area contributed by atoms with Gasteiger partial charge in [-0.25, -0.2) is 18.4 Å². The molecule has 0 radical (unpaired) electrons. The van der Waals surface area contributed by atoms with Crippen LogP contribution in [0.1, 0.15) is 25.3 Å². The Balaban J connectivity index is 1.55. The molecule has 4 rings (SSSR count). The summed E-state index contributed by atoms with van der Waals surface area (Å²) < 4.78 is 27.4. The predicted molar refractivity (Wildman–Crippen MR) is 97.5 cm³/mol. The molecule has 2 saturated heterocycles. The monoisotopic (exact) mass is 394 g/mol. The van der Waals surface area contributed by atoms with Crippen molar-refractivity contribution in [2.24, 2.45) is 0 Å². The summed E-state index contributed by atoms with van der Waals surface area (Å²) in [6, 6.07) is 8.04. The van der Waals surface area contributed by atoms with Gasteiger partial charge < -0.3 is 10.0 Å². The molecule has 138 valence electrons. The van der Waals surface area contributed by atoms with Crippen LogP contribution in [0.2, 0.25) is 5.02 Å². The van der Waals surface area contributed by atoms with Gasteiger partial charge in [-0.3, -0.25) is 0 Å². The van der Waals surface area contributed by atoms with E-state index in [0.717, 1.165) is 12.2 Å². The Labute approximate surface area is 157 Å². The molecule has 26 heavy (non-hydrogen) atoms. The second-order valence-corrected chi connectivity index (χ2v) is 9.00. The summed E-state index contributed by atoms with van der Waals surface area (Å²) in [5.74, 6) is 1.10. The van der Waals surface area contributed by atoms with E-state index in [-0.39, 0.29) is 17.0 Å². The van der Waals surface area contributed by atoms with E-state index in [4.69, 9.17) is 11.6 Å². The molecule has 1 aromatic carbocycles. The van der Waals surface area contributed by atoms with Crippen LogP contribution in [-0.4, -0.2) is 53.0 Å². The molecule has 0 saturated carbocycles. The fourth-order valence-corrected chi connectivity index (χ4v) is 5.46. The molecule has 3 unspecified atom stereocenters. The number of aromatic nitrogens is 2. The molecule has 0 aliphatic carbocycles. The summed E-state index contributed by atoms with van der Waals surface area (Å²) in [5.41, 5.74) is 0. The molecule has 9 heteroatoms. The van der Waals surface area contributed by atoms with Crippen molar-refractivity contribution >= 4 is 27.4 Å². The summed E-state index contributed by atoms with van der Waals surface area (Å²) in [5, 5.41) is 10.2. The molecule has 2 aliphatic rings. The number of aliphatic hydroxyl groups is 1. The topological polar surface area (TPSA) is 86.6 Å². The van der Waals surface area contributed by atoms with Crippen LogP contribution in [0.15, 0.2) is 41.4 Å². The van der Waals surface area contributed by atoms with Gasteiger partial charge in [-0.15, -0.1) is 0 Å². The number of nitrogens with zero attached hydrogens (tertiary/aromatic N) is 4. The van der Waals surface area contributed by atoms with E-state index < -0.39 is 16.1 Å². The molecule has 1 N–H and O–H groups in total. The maximum Gasteiger partial charge on any atom is 0.243 e. The Bertz CT molecular complexity index is 920. The van der Waals surface area contributed by atoms with E-state index in [2.05, 4.69) is 14.9 Å². The number of halogens is 1. The molecule has 7 nitrogen and oxygen atoms in total. The van der Waals surface area contributed by atoms with Crippen LogP contribution in [0.5, 0.6) is 0 Å². The summed E-state index contributed by atoms with van der Waals surface area (Å²) >= 11 is 5.86. The van der Waals surface area contributed by atoms with Gasteiger partial charge in [0.15, 0.2) is 5.82 Å². The van der Waals surface area contributed by atoms with Gasteiger partial charge in [0.1, 0.15) is 11.9 Å². The first-order valence-corrected chi connectivity index (χ1v) is 10.2. The Morgan fingerprint density at radius 2 is 1.92 bits per heavy atom. The van der Waals surface area contributed by atoms with Crippen molar-refractivity contribution in [3.05, 3.63) is 47.4 Å². The fraction of sp³-hybridized carbons (Fsp3) is 0.412. The number of hydrogen-bond acceptors (Lipinski definition) is 6. The Morgan fingerprint density at radius 3 is 2.54 bits per heavy atom. The normalized spacial score (nSPS) is 24.2. The molecule has 2 fully saturated rings. The van der Waals surface area contributed by atoms with Crippen LogP contribution < -0.4 is 4.90 Å². The summed E-state index contributed by atoms with van der Waals surface area (Å²) in [7, 11) is -3.54. The molecule has 0 amide bonds. The highest BCUT2D eigenvalue weighted by molar-refractivity contribution is 7.89. The van der Waals surface area contributed by atoms with Gasteiger partial charge in [-0.2, -0.15) is 4.31 Å². The Hall–Kier alpha value is -1.74. The van der Waals surface area contributed by atoms with Crippen LogP contribution in [0, 0.1) is 0 Å². The summed E-state index contributed by atoms with van der Waals surface area (Å²) in [6.07, 6.45) is 1.65. The third-order valence-corrected chi connectivity index (χ3v) is 7.12. The second kappa shape index (κ2) is 6.45. The average molecular weight is 395 g/mol. The van der Waals surface area contributed by atoms with Gasteiger partial charge in [0, 0.05) is 36.4 Å². The molecule has 0 spiro atoms. The zero-order valence-corrected chi connectivity index (χ0v) is 15.7. The van der Waals surface area contributed by atoms with Crippen molar-refractivity contribution in [2.45, 2.75) is 36.4 Å². The van der Waals surface area contributed by atoms with Gasteiger partial charge in [0.05, 0.1) is 4.90 Å². The first kappa shape index (κ1) is 17.7. The van der Waals surface area contributed by atoms with Crippen LogP contribution >= 0.6 is 11.6 Å². The van der Waals surface area contributed by atoms with Gasteiger partial charge in [-0.05, 0) is 43.7 Å². The number of piperazine rings is 1. The lowest BCUT2D eigenvalue weighted by molar-refractivity contribution is 0.189. The predicted octanol–water partition coefficient (Wildman–Crippen LogP) is 1.84. The van der Waals surface area contributed by atoms with Crippen molar-refractivity contribution in [3.63, 3.8) is 0 Å².